The molecule has 2 aromatic carbocycles. The second kappa shape index (κ2) is 9.14. The summed E-state index contributed by atoms with van der Waals surface area (Å²) in [5.41, 5.74) is 2.69. The van der Waals surface area contributed by atoms with Gasteiger partial charge in [0.15, 0.2) is 11.6 Å². The standard InChI is InChI=1S/C24H27F2N3O2/c1-16-2-5-20(6-3-16)29-15-18(13-23(29)30)24(31)27-19-8-10-28(11-9-19)14-17-4-7-21(25)22(26)12-17/h2-7,12,18-19H,8-11,13-15H2,1H3,(H,27,31). The molecule has 2 heterocycles. The number of nitrogens with one attached hydrogen (secondary N) is 1. The fraction of sp³-hybridized carbons (Fsp3) is 0.417. The normalized spacial score (nSPS) is 20.3. The number of piperidine rings is 1. The van der Waals surface area contributed by atoms with Gasteiger partial charge in [-0.3, -0.25) is 14.5 Å². The maximum atomic E-state index is 13.4. The first-order chi connectivity index (χ1) is 14.9. The summed E-state index contributed by atoms with van der Waals surface area (Å²) in [5.74, 6) is -2.09. The van der Waals surface area contributed by atoms with E-state index in [0.717, 1.165) is 48.8 Å². The summed E-state index contributed by atoms with van der Waals surface area (Å²) in [6.45, 7) is 4.49. The van der Waals surface area contributed by atoms with Crippen LogP contribution in [-0.2, 0) is 16.1 Å². The highest BCUT2D eigenvalue weighted by Gasteiger charge is 2.36. The Labute approximate surface area is 181 Å². The van der Waals surface area contributed by atoms with Crippen molar-refractivity contribution >= 4 is 17.5 Å². The van der Waals surface area contributed by atoms with Gasteiger partial charge >= 0.3 is 0 Å². The Balaban J connectivity index is 1.26. The molecule has 1 N–H and O–H groups in total. The number of benzene rings is 2. The van der Waals surface area contributed by atoms with Gasteiger partial charge in [0.25, 0.3) is 0 Å². The molecular formula is C24H27F2N3O2. The van der Waals surface area contributed by atoms with Gasteiger partial charge in [0.1, 0.15) is 0 Å². The molecule has 5 nitrogen and oxygen atoms in total. The molecule has 164 valence electrons. The predicted octanol–water partition coefficient (Wildman–Crippen LogP) is 3.41. The average Bonchev–Trinajstić information content (AvgIpc) is 3.14. The highest BCUT2D eigenvalue weighted by atomic mass is 19.2. The van der Waals surface area contributed by atoms with E-state index in [2.05, 4.69) is 10.2 Å². The van der Waals surface area contributed by atoms with E-state index in [-0.39, 0.29) is 30.2 Å². The van der Waals surface area contributed by atoms with Gasteiger partial charge in [-0.1, -0.05) is 23.8 Å². The lowest BCUT2D eigenvalue weighted by molar-refractivity contribution is -0.127. The second-order valence-corrected chi connectivity index (χ2v) is 8.55. The fourth-order valence-electron chi connectivity index (χ4n) is 4.31. The smallest absolute Gasteiger partial charge is 0.227 e. The van der Waals surface area contributed by atoms with Crippen LogP contribution in [0.4, 0.5) is 14.5 Å². The van der Waals surface area contributed by atoms with Crippen LogP contribution in [0.3, 0.4) is 0 Å². The molecule has 0 saturated carbocycles. The summed E-state index contributed by atoms with van der Waals surface area (Å²) in [4.78, 5) is 29.0. The molecular weight excluding hydrogens is 400 g/mol. The van der Waals surface area contributed by atoms with Crippen molar-refractivity contribution in [2.24, 2.45) is 5.92 Å². The van der Waals surface area contributed by atoms with E-state index < -0.39 is 11.6 Å². The zero-order valence-corrected chi connectivity index (χ0v) is 17.6. The Morgan fingerprint density at radius 2 is 1.77 bits per heavy atom. The number of rotatable bonds is 5. The number of anilines is 1. The van der Waals surface area contributed by atoms with Gasteiger partial charge in [-0.25, -0.2) is 8.78 Å². The maximum absolute atomic E-state index is 13.4. The number of nitrogens with zero attached hydrogens (tertiary/aromatic N) is 2. The van der Waals surface area contributed by atoms with Crippen LogP contribution >= 0.6 is 0 Å². The topological polar surface area (TPSA) is 52.7 Å². The summed E-state index contributed by atoms with van der Waals surface area (Å²) in [5, 5.41) is 3.11. The van der Waals surface area contributed by atoms with Crippen molar-refractivity contribution in [1.82, 2.24) is 10.2 Å². The Hall–Kier alpha value is -2.80. The van der Waals surface area contributed by atoms with Gasteiger partial charge in [-0.2, -0.15) is 0 Å². The first kappa shape index (κ1) is 21.4. The third kappa shape index (κ3) is 5.10. The van der Waals surface area contributed by atoms with E-state index >= 15 is 0 Å². The summed E-state index contributed by atoms with van der Waals surface area (Å²) >= 11 is 0. The molecule has 2 aromatic rings. The average molecular weight is 427 g/mol. The highest BCUT2D eigenvalue weighted by molar-refractivity contribution is 6.00. The maximum Gasteiger partial charge on any atom is 0.227 e. The van der Waals surface area contributed by atoms with E-state index in [1.165, 1.54) is 6.07 Å². The highest BCUT2D eigenvalue weighted by Crippen LogP contribution is 2.26. The molecule has 0 aliphatic carbocycles. The zero-order valence-electron chi connectivity index (χ0n) is 17.6. The largest absolute Gasteiger partial charge is 0.353 e. The molecule has 0 aromatic heterocycles. The van der Waals surface area contributed by atoms with Gasteiger partial charge in [-0.05, 0) is 49.6 Å². The molecule has 2 saturated heterocycles. The number of carbonyl (C=O) groups is 2. The Bertz CT molecular complexity index is 956. The van der Waals surface area contributed by atoms with Crippen LogP contribution in [0.25, 0.3) is 0 Å². The molecule has 0 radical (unpaired) electrons. The number of hydrogen-bond acceptors (Lipinski definition) is 3. The lowest BCUT2D eigenvalue weighted by Crippen LogP contribution is -2.46. The van der Waals surface area contributed by atoms with Crippen LogP contribution in [-0.4, -0.2) is 42.4 Å². The van der Waals surface area contributed by atoms with Crippen molar-refractivity contribution in [2.75, 3.05) is 24.5 Å². The molecule has 0 bridgehead atoms. The number of halogens is 2. The van der Waals surface area contributed by atoms with Gasteiger partial charge in [0.05, 0.1) is 5.92 Å². The summed E-state index contributed by atoms with van der Waals surface area (Å²) in [6, 6.07) is 11.8. The third-order valence-corrected chi connectivity index (χ3v) is 6.17. The molecule has 0 spiro atoms. The van der Waals surface area contributed by atoms with E-state index in [9.17, 15) is 18.4 Å². The quantitative estimate of drug-likeness (QED) is 0.796. The lowest BCUT2D eigenvalue weighted by atomic mass is 10.0. The van der Waals surface area contributed by atoms with Crippen LogP contribution in [0, 0.1) is 24.5 Å². The van der Waals surface area contributed by atoms with Crippen LogP contribution in [0.15, 0.2) is 42.5 Å². The minimum Gasteiger partial charge on any atom is -0.353 e. The summed E-state index contributed by atoms with van der Waals surface area (Å²) in [6.07, 6.45) is 1.81. The molecule has 2 fully saturated rings. The number of amides is 2. The minimum atomic E-state index is -0.837. The molecule has 1 unspecified atom stereocenters. The molecule has 7 heteroatoms. The van der Waals surface area contributed by atoms with E-state index in [0.29, 0.717) is 13.1 Å². The van der Waals surface area contributed by atoms with Crippen LogP contribution in [0.2, 0.25) is 0 Å². The zero-order chi connectivity index (χ0) is 22.0. The Morgan fingerprint density at radius 3 is 2.45 bits per heavy atom. The van der Waals surface area contributed by atoms with E-state index in [4.69, 9.17) is 0 Å². The lowest BCUT2D eigenvalue weighted by Gasteiger charge is -2.32. The minimum absolute atomic E-state index is 0.0228. The second-order valence-electron chi connectivity index (χ2n) is 8.55. The van der Waals surface area contributed by atoms with Gasteiger partial charge < -0.3 is 10.2 Å². The van der Waals surface area contributed by atoms with Gasteiger partial charge in [0, 0.05) is 44.3 Å². The number of carbonyl (C=O) groups excluding carboxylic acids is 2. The molecule has 2 aliphatic rings. The molecule has 2 aliphatic heterocycles. The van der Waals surface area contributed by atoms with Crippen molar-refractivity contribution < 1.29 is 18.4 Å². The third-order valence-electron chi connectivity index (χ3n) is 6.17. The molecule has 31 heavy (non-hydrogen) atoms. The molecule has 1 atom stereocenters. The van der Waals surface area contributed by atoms with Crippen molar-refractivity contribution in [3.63, 3.8) is 0 Å². The van der Waals surface area contributed by atoms with Crippen LogP contribution in [0.1, 0.15) is 30.4 Å². The van der Waals surface area contributed by atoms with E-state index in [1.54, 1.807) is 11.0 Å². The number of likely N-dealkylation sites (tertiary alicyclic amines) is 1. The number of aryl methyl sites for hydroxylation is 1. The fourth-order valence-corrected chi connectivity index (χ4v) is 4.31. The monoisotopic (exact) mass is 427 g/mol. The van der Waals surface area contributed by atoms with Crippen molar-refractivity contribution in [1.29, 1.82) is 0 Å². The summed E-state index contributed by atoms with van der Waals surface area (Å²) in [7, 11) is 0. The Kier molecular flexibility index (Phi) is 6.32. The number of hydrogen-bond donors (Lipinski definition) is 1. The molecule has 2 amide bonds. The van der Waals surface area contributed by atoms with Gasteiger partial charge in [0.2, 0.25) is 11.8 Å². The predicted molar refractivity (Wildman–Crippen MR) is 114 cm³/mol. The van der Waals surface area contributed by atoms with Crippen molar-refractivity contribution in [2.45, 2.75) is 38.8 Å². The first-order valence-corrected chi connectivity index (χ1v) is 10.7. The van der Waals surface area contributed by atoms with Gasteiger partial charge in [-0.15, -0.1) is 0 Å². The first-order valence-electron chi connectivity index (χ1n) is 10.7. The Morgan fingerprint density at radius 1 is 1.06 bits per heavy atom. The van der Waals surface area contributed by atoms with Crippen molar-refractivity contribution in [3.05, 3.63) is 65.2 Å². The SMILES string of the molecule is Cc1ccc(N2CC(C(=O)NC3CCN(Cc4ccc(F)c(F)c4)CC3)CC2=O)cc1. The van der Waals surface area contributed by atoms with Crippen LogP contribution in [0.5, 0.6) is 0 Å². The van der Waals surface area contributed by atoms with E-state index in [1.807, 2.05) is 31.2 Å². The molecule has 4 rings (SSSR count). The van der Waals surface area contributed by atoms with Crippen LogP contribution < -0.4 is 10.2 Å². The summed E-state index contributed by atoms with van der Waals surface area (Å²) < 4.78 is 26.5. The van der Waals surface area contributed by atoms with Crippen molar-refractivity contribution in [3.8, 4) is 0 Å².